The van der Waals surface area contributed by atoms with Gasteiger partial charge in [0.1, 0.15) is 0 Å². The second kappa shape index (κ2) is 6.17. The van der Waals surface area contributed by atoms with Crippen LogP contribution in [0.4, 0.5) is 0 Å². The fourth-order valence-electron chi connectivity index (χ4n) is 3.07. The van der Waals surface area contributed by atoms with Crippen LogP contribution in [0, 0.1) is 5.92 Å². The monoisotopic (exact) mass is 239 g/mol. The van der Waals surface area contributed by atoms with E-state index in [1.165, 1.54) is 52.1 Å². The summed E-state index contributed by atoms with van der Waals surface area (Å²) in [5.74, 6) is 0.864. The van der Waals surface area contributed by atoms with Gasteiger partial charge in [0.2, 0.25) is 0 Å². The van der Waals surface area contributed by atoms with Gasteiger partial charge in [0.05, 0.1) is 0 Å². The highest BCUT2D eigenvalue weighted by atomic mass is 15.3. The van der Waals surface area contributed by atoms with Crippen LogP contribution in [0.5, 0.6) is 0 Å². The lowest BCUT2D eigenvalue weighted by molar-refractivity contribution is 0.0924. The van der Waals surface area contributed by atoms with Gasteiger partial charge in [0.25, 0.3) is 0 Å². The molecular formula is C14H29N3. The zero-order valence-corrected chi connectivity index (χ0v) is 11.8. The van der Waals surface area contributed by atoms with E-state index < -0.39 is 0 Å². The first-order valence-corrected chi connectivity index (χ1v) is 7.40. The van der Waals surface area contributed by atoms with E-state index in [2.05, 4.69) is 35.9 Å². The first-order chi connectivity index (χ1) is 8.20. The van der Waals surface area contributed by atoms with E-state index in [0.29, 0.717) is 0 Å². The van der Waals surface area contributed by atoms with Gasteiger partial charge in [0, 0.05) is 44.8 Å². The average molecular weight is 239 g/mol. The van der Waals surface area contributed by atoms with Crippen molar-refractivity contribution in [1.82, 2.24) is 15.1 Å². The molecule has 2 heterocycles. The zero-order chi connectivity index (χ0) is 12.3. The quantitative estimate of drug-likeness (QED) is 0.800. The van der Waals surface area contributed by atoms with Crippen molar-refractivity contribution in [3.8, 4) is 0 Å². The molecule has 2 rings (SSSR count). The maximum atomic E-state index is 3.64. The van der Waals surface area contributed by atoms with Crippen molar-refractivity contribution in [2.45, 2.75) is 45.7 Å². The SMILES string of the molecule is CCC(C)N1CCN(CC2NCCC2C)CC1. The Bertz CT molecular complexity index is 224. The normalized spacial score (nSPS) is 34.1. The lowest BCUT2D eigenvalue weighted by atomic mass is 10.0. The lowest BCUT2D eigenvalue weighted by Crippen LogP contribution is -2.52. The summed E-state index contributed by atoms with van der Waals surface area (Å²) in [7, 11) is 0. The van der Waals surface area contributed by atoms with Crippen molar-refractivity contribution >= 4 is 0 Å². The lowest BCUT2D eigenvalue weighted by Gasteiger charge is -2.39. The van der Waals surface area contributed by atoms with E-state index in [0.717, 1.165) is 18.0 Å². The summed E-state index contributed by atoms with van der Waals surface area (Å²) >= 11 is 0. The molecule has 0 amide bonds. The Hall–Kier alpha value is -0.120. The summed E-state index contributed by atoms with van der Waals surface area (Å²) in [6.45, 7) is 14.6. The van der Waals surface area contributed by atoms with Crippen LogP contribution < -0.4 is 5.32 Å². The summed E-state index contributed by atoms with van der Waals surface area (Å²) in [6.07, 6.45) is 2.64. The molecule has 3 nitrogen and oxygen atoms in total. The molecule has 1 N–H and O–H groups in total. The highest BCUT2D eigenvalue weighted by molar-refractivity contribution is 4.85. The molecule has 0 bridgehead atoms. The van der Waals surface area contributed by atoms with Crippen LogP contribution >= 0.6 is 0 Å². The maximum Gasteiger partial charge on any atom is 0.0221 e. The van der Waals surface area contributed by atoms with Crippen LogP contribution in [-0.4, -0.2) is 61.2 Å². The predicted octanol–water partition coefficient (Wildman–Crippen LogP) is 1.40. The van der Waals surface area contributed by atoms with Crippen LogP contribution in [0.15, 0.2) is 0 Å². The molecule has 17 heavy (non-hydrogen) atoms. The molecule has 2 saturated heterocycles. The first kappa shape index (κ1) is 13.3. The Balaban J connectivity index is 1.72. The van der Waals surface area contributed by atoms with Crippen LogP contribution in [0.2, 0.25) is 0 Å². The van der Waals surface area contributed by atoms with E-state index in [4.69, 9.17) is 0 Å². The second-order valence-electron chi connectivity index (χ2n) is 5.92. The molecule has 0 aromatic heterocycles. The van der Waals surface area contributed by atoms with Crippen molar-refractivity contribution in [2.24, 2.45) is 5.92 Å². The van der Waals surface area contributed by atoms with E-state index in [-0.39, 0.29) is 0 Å². The number of rotatable bonds is 4. The Labute approximate surface area is 107 Å². The molecule has 2 aliphatic heterocycles. The molecule has 0 spiro atoms. The number of hydrogen-bond donors (Lipinski definition) is 1. The largest absolute Gasteiger partial charge is 0.312 e. The zero-order valence-electron chi connectivity index (χ0n) is 11.8. The summed E-state index contributed by atoms with van der Waals surface area (Å²) in [5, 5.41) is 3.64. The Kier molecular flexibility index (Phi) is 4.83. The van der Waals surface area contributed by atoms with E-state index in [9.17, 15) is 0 Å². The minimum absolute atomic E-state index is 0.741. The topological polar surface area (TPSA) is 18.5 Å². The van der Waals surface area contributed by atoms with Gasteiger partial charge >= 0.3 is 0 Å². The van der Waals surface area contributed by atoms with Gasteiger partial charge in [-0.3, -0.25) is 9.80 Å². The third-order valence-corrected chi connectivity index (χ3v) is 4.77. The predicted molar refractivity (Wildman–Crippen MR) is 73.3 cm³/mol. The summed E-state index contributed by atoms with van der Waals surface area (Å²) < 4.78 is 0. The second-order valence-corrected chi connectivity index (χ2v) is 5.92. The molecule has 0 aromatic carbocycles. The smallest absolute Gasteiger partial charge is 0.0221 e. The molecule has 0 aromatic rings. The Morgan fingerprint density at radius 2 is 1.94 bits per heavy atom. The van der Waals surface area contributed by atoms with Crippen LogP contribution in [0.25, 0.3) is 0 Å². The summed E-state index contributed by atoms with van der Waals surface area (Å²) in [4.78, 5) is 5.29. The fourth-order valence-corrected chi connectivity index (χ4v) is 3.07. The molecule has 2 aliphatic rings. The maximum absolute atomic E-state index is 3.64. The van der Waals surface area contributed by atoms with Crippen LogP contribution in [0.3, 0.4) is 0 Å². The standard InChI is InChI=1S/C14H29N3/c1-4-13(3)17-9-7-16(8-10-17)11-14-12(2)5-6-15-14/h12-15H,4-11H2,1-3H3. The molecule has 0 aliphatic carbocycles. The number of piperazine rings is 1. The molecule has 3 unspecified atom stereocenters. The molecule has 0 radical (unpaired) electrons. The Morgan fingerprint density at radius 3 is 2.47 bits per heavy atom. The summed E-state index contributed by atoms with van der Waals surface area (Å²) in [6, 6.07) is 1.51. The molecule has 3 heteroatoms. The minimum atomic E-state index is 0.741. The molecule has 0 saturated carbocycles. The van der Waals surface area contributed by atoms with Crippen LogP contribution in [0.1, 0.15) is 33.6 Å². The number of nitrogens with zero attached hydrogens (tertiary/aromatic N) is 2. The average Bonchev–Trinajstić information content (AvgIpc) is 2.75. The molecule has 3 atom stereocenters. The summed E-state index contributed by atoms with van der Waals surface area (Å²) in [5.41, 5.74) is 0. The highest BCUT2D eigenvalue weighted by Gasteiger charge is 2.27. The Morgan fingerprint density at radius 1 is 1.24 bits per heavy atom. The molecular weight excluding hydrogens is 210 g/mol. The van der Waals surface area contributed by atoms with Crippen molar-refractivity contribution < 1.29 is 0 Å². The van der Waals surface area contributed by atoms with Gasteiger partial charge in [-0.05, 0) is 32.2 Å². The minimum Gasteiger partial charge on any atom is -0.312 e. The van der Waals surface area contributed by atoms with E-state index in [1.54, 1.807) is 0 Å². The van der Waals surface area contributed by atoms with Crippen molar-refractivity contribution in [3.63, 3.8) is 0 Å². The fraction of sp³-hybridized carbons (Fsp3) is 1.00. The number of hydrogen-bond acceptors (Lipinski definition) is 3. The van der Waals surface area contributed by atoms with Gasteiger partial charge in [0.15, 0.2) is 0 Å². The van der Waals surface area contributed by atoms with Gasteiger partial charge in [-0.2, -0.15) is 0 Å². The van der Waals surface area contributed by atoms with Crippen LogP contribution in [-0.2, 0) is 0 Å². The van der Waals surface area contributed by atoms with Gasteiger partial charge < -0.3 is 5.32 Å². The van der Waals surface area contributed by atoms with Gasteiger partial charge in [-0.15, -0.1) is 0 Å². The molecule has 100 valence electrons. The molecule has 2 fully saturated rings. The van der Waals surface area contributed by atoms with Gasteiger partial charge in [-0.25, -0.2) is 0 Å². The van der Waals surface area contributed by atoms with Crippen molar-refractivity contribution in [2.75, 3.05) is 39.3 Å². The van der Waals surface area contributed by atoms with Crippen molar-refractivity contribution in [1.29, 1.82) is 0 Å². The first-order valence-electron chi connectivity index (χ1n) is 7.40. The third kappa shape index (κ3) is 3.43. The van der Waals surface area contributed by atoms with Gasteiger partial charge in [-0.1, -0.05) is 13.8 Å². The number of nitrogens with one attached hydrogen (secondary N) is 1. The van der Waals surface area contributed by atoms with Crippen molar-refractivity contribution in [3.05, 3.63) is 0 Å². The van der Waals surface area contributed by atoms with E-state index in [1.807, 2.05) is 0 Å². The van der Waals surface area contributed by atoms with E-state index >= 15 is 0 Å². The third-order valence-electron chi connectivity index (χ3n) is 4.77. The highest BCUT2D eigenvalue weighted by Crippen LogP contribution is 2.16.